The van der Waals surface area contributed by atoms with E-state index in [2.05, 4.69) is 5.32 Å². The summed E-state index contributed by atoms with van der Waals surface area (Å²) in [5.41, 5.74) is 2.18. The van der Waals surface area contributed by atoms with Crippen molar-refractivity contribution in [1.82, 2.24) is 10.2 Å². The summed E-state index contributed by atoms with van der Waals surface area (Å²) in [6.07, 6.45) is 0. The summed E-state index contributed by atoms with van der Waals surface area (Å²) in [5, 5.41) is 2.60. The Morgan fingerprint density at radius 3 is 2.15 bits per heavy atom. The summed E-state index contributed by atoms with van der Waals surface area (Å²) in [6, 6.07) is 7.54. The van der Waals surface area contributed by atoms with Crippen LogP contribution in [0.1, 0.15) is 19.4 Å². The van der Waals surface area contributed by atoms with Gasteiger partial charge in [0, 0.05) is 40.3 Å². The van der Waals surface area contributed by atoms with E-state index in [-0.39, 0.29) is 11.8 Å². The average molecular weight is 277 g/mol. The van der Waals surface area contributed by atoms with E-state index in [0.29, 0.717) is 6.54 Å². The van der Waals surface area contributed by atoms with Crippen LogP contribution in [0, 0.1) is 0 Å². The minimum atomic E-state index is -0.501. The smallest absolute Gasteiger partial charge is 0.244 e. The SMILES string of the molecule is CC(=O)NC(C)C(=O)N(C)Cc1ccc(N(C)C)cc1. The van der Waals surface area contributed by atoms with Crippen molar-refractivity contribution in [3.05, 3.63) is 29.8 Å². The Labute approximate surface area is 120 Å². The number of hydrogen-bond acceptors (Lipinski definition) is 3. The highest BCUT2D eigenvalue weighted by atomic mass is 16.2. The Kier molecular flexibility index (Phi) is 5.55. The second-order valence-corrected chi connectivity index (χ2v) is 5.18. The molecule has 1 atom stereocenters. The Morgan fingerprint density at radius 2 is 1.70 bits per heavy atom. The molecule has 110 valence electrons. The predicted octanol–water partition coefficient (Wildman–Crippen LogP) is 1.24. The normalized spacial score (nSPS) is 11.7. The third-order valence-electron chi connectivity index (χ3n) is 3.04. The molecular formula is C15H23N3O2. The van der Waals surface area contributed by atoms with Gasteiger partial charge in [0.15, 0.2) is 0 Å². The average Bonchev–Trinajstić information content (AvgIpc) is 2.37. The standard InChI is InChI=1S/C15H23N3O2/c1-11(16-12(2)19)15(20)18(5)10-13-6-8-14(9-7-13)17(3)4/h6-9,11H,10H2,1-5H3,(H,16,19). The van der Waals surface area contributed by atoms with E-state index in [1.165, 1.54) is 6.92 Å². The number of carbonyl (C=O) groups excluding carboxylic acids is 2. The lowest BCUT2D eigenvalue weighted by molar-refractivity contribution is -0.134. The molecular weight excluding hydrogens is 254 g/mol. The Bertz CT molecular complexity index is 469. The van der Waals surface area contributed by atoms with E-state index in [1.807, 2.05) is 43.3 Å². The maximum Gasteiger partial charge on any atom is 0.244 e. The number of nitrogens with one attached hydrogen (secondary N) is 1. The minimum Gasteiger partial charge on any atom is -0.378 e. The Morgan fingerprint density at radius 1 is 1.15 bits per heavy atom. The highest BCUT2D eigenvalue weighted by Crippen LogP contribution is 2.13. The molecule has 0 heterocycles. The van der Waals surface area contributed by atoms with Crippen molar-refractivity contribution < 1.29 is 9.59 Å². The Hall–Kier alpha value is -2.04. The zero-order valence-electron chi connectivity index (χ0n) is 12.8. The van der Waals surface area contributed by atoms with Gasteiger partial charge in [0.1, 0.15) is 6.04 Å². The van der Waals surface area contributed by atoms with Crippen molar-refractivity contribution in [2.45, 2.75) is 26.4 Å². The molecule has 5 nitrogen and oxygen atoms in total. The van der Waals surface area contributed by atoms with Gasteiger partial charge in [0.25, 0.3) is 0 Å². The number of anilines is 1. The molecule has 0 bridgehead atoms. The molecule has 1 rings (SSSR count). The zero-order chi connectivity index (χ0) is 15.3. The van der Waals surface area contributed by atoms with Crippen LogP contribution in [-0.4, -0.2) is 43.9 Å². The molecule has 0 radical (unpaired) electrons. The molecule has 5 heteroatoms. The highest BCUT2D eigenvalue weighted by Gasteiger charge is 2.18. The van der Waals surface area contributed by atoms with Gasteiger partial charge in [0.05, 0.1) is 0 Å². The fraction of sp³-hybridized carbons (Fsp3) is 0.467. The van der Waals surface area contributed by atoms with Gasteiger partial charge in [-0.2, -0.15) is 0 Å². The Balaban J connectivity index is 2.63. The lowest BCUT2D eigenvalue weighted by Gasteiger charge is -2.22. The molecule has 20 heavy (non-hydrogen) atoms. The molecule has 1 aromatic carbocycles. The number of rotatable bonds is 5. The van der Waals surface area contributed by atoms with Gasteiger partial charge < -0.3 is 15.1 Å². The first-order chi connectivity index (χ1) is 9.31. The van der Waals surface area contributed by atoms with E-state index in [1.54, 1.807) is 18.9 Å². The lowest BCUT2D eigenvalue weighted by atomic mass is 10.2. The summed E-state index contributed by atoms with van der Waals surface area (Å²) in [5.74, 6) is -0.300. The third-order valence-corrected chi connectivity index (χ3v) is 3.04. The molecule has 1 N–H and O–H groups in total. The quantitative estimate of drug-likeness (QED) is 0.881. The molecule has 0 aliphatic carbocycles. The number of amides is 2. The van der Waals surface area contributed by atoms with E-state index < -0.39 is 6.04 Å². The van der Waals surface area contributed by atoms with E-state index in [0.717, 1.165) is 11.3 Å². The first kappa shape index (κ1) is 16.0. The van der Waals surface area contributed by atoms with Crippen LogP contribution >= 0.6 is 0 Å². The fourth-order valence-electron chi connectivity index (χ4n) is 1.95. The maximum atomic E-state index is 12.1. The molecule has 0 spiro atoms. The van der Waals surface area contributed by atoms with Crippen LogP contribution in [0.3, 0.4) is 0 Å². The van der Waals surface area contributed by atoms with E-state index >= 15 is 0 Å². The van der Waals surface area contributed by atoms with Crippen molar-refractivity contribution >= 4 is 17.5 Å². The molecule has 0 aromatic heterocycles. The number of carbonyl (C=O) groups is 2. The lowest BCUT2D eigenvalue weighted by Crippen LogP contribution is -2.44. The van der Waals surface area contributed by atoms with Crippen LogP contribution in [0.25, 0.3) is 0 Å². The van der Waals surface area contributed by atoms with Gasteiger partial charge in [-0.1, -0.05) is 12.1 Å². The monoisotopic (exact) mass is 277 g/mol. The van der Waals surface area contributed by atoms with E-state index in [4.69, 9.17) is 0 Å². The summed E-state index contributed by atoms with van der Waals surface area (Å²) in [6.45, 7) is 3.62. The topological polar surface area (TPSA) is 52.7 Å². The van der Waals surface area contributed by atoms with Gasteiger partial charge in [-0.15, -0.1) is 0 Å². The first-order valence-corrected chi connectivity index (χ1v) is 6.59. The second kappa shape index (κ2) is 6.93. The van der Waals surface area contributed by atoms with Crippen molar-refractivity contribution in [1.29, 1.82) is 0 Å². The number of nitrogens with zero attached hydrogens (tertiary/aromatic N) is 2. The van der Waals surface area contributed by atoms with Gasteiger partial charge >= 0.3 is 0 Å². The van der Waals surface area contributed by atoms with Crippen LogP contribution in [0.5, 0.6) is 0 Å². The summed E-state index contributed by atoms with van der Waals surface area (Å²) >= 11 is 0. The van der Waals surface area contributed by atoms with Crippen LogP contribution in [0.15, 0.2) is 24.3 Å². The van der Waals surface area contributed by atoms with E-state index in [9.17, 15) is 9.59 Å². The summed E-state index contributed by atoms with van der Waals surface area (Å²) < 4.78 is 0. The molecule has 1 aromatic rings. The van der Waals surface area contributed by atoms with Gasteiger partial charge in [-0.05, 0) is 24.6 Å². The minimum absolute atomic E-state index is 0.100. The maximum absolute atomic E-state index is 12.1. The molecule has 0 aliphatic rings. The van der Waals surface area contributed by atoms with Crippen LogP contribution < -0.4 is 10.2 Å². The van der Waals surface area contributed by atoms with Crippen molar-refractivity contribution in [2.24, 2.45) is 0 Å². The number of hydrogen-bond donors (Lipinski definition) is 1. The summed E-state index contributed by atoms with van der Waals surface area (Å²) in [4.78, 5) is 26.7. The highest BCUT2D eigenvalue weighted by molar-refractivity contribution is 5.86. The van der Waals surface area contributed by atoms with Crippen molar-refractivity contribution in [3.63, 3.8) is 0 Å². The first-order valence-electron chi connectivity index (χ1n) is 6.59. The summed E-state index contributed by atoms with van der Waals surface area (Å²) in [7, 11) is 5.71. The van der Waals surface area contributed by atoms with Crippen LogP contribution in [0.4, 0.5) is 5.69 Å². The molecule has 1 unspecified atom stereocenters. The van der Waals surface area contributed by atoms with Crippen molar-refractivity contribution in [3.8, 4) is 0 Å². The molecule has 0 fully saturated rings. The van der Waals surface area contributed by atoms with Crippen LogP contribution in [-0.2, 0) is 16.1 Å². The number of benzene rings is 1. The zero-order valence-corrected chi connectivity index (χ0v) is 12.8. The van der Waals surface area contributed by atoms with Gasteiger partial charge in [-0.3, -0.25) is 9.59 Å². The fourth-order valence-corrected chi connectivity index (χ4v) is 1.95. The third kappa shape index (κ3) is 4.57. The number of likely N-dealkylation sites (N-methyl/N-ethyl adjacent to an activating group) is 1. The molecule has 0 saturated carbocycles. The second-order valence-electron chi connectivity index (χ2n) is 5.18. The van der Waals surface area contributed by atoms with Crippen LogP contribution in [0.2, 0.25) is 0 Å². The molecule has 2 amide bonds. The van der Waals surface area contributed by atoms with Gasteiger partial charge in [0.2, 0.25) is 11.8 Å². The largest absolute Gasteiger partial charge is 0.378 e. The predicted molar refractivity (Wildman–Crippen MR) is 80.5 cm³/mol. The molecule has 0 aliphatic heterocycles. The van der Waals surface area contributed by atoms with Gasteiger partial charge in [-0.25, -0.2) is 0 Å². The molecule has 0 saturated heterocycles. The van der Waals surface area contributed by atoms with Crippen molar-refractivity contribution in [2.75, 3.05) is 26.0 Å².